The van der Waals surface area contributed by atoms with E-state index in [1.165, 1.54) is 12.1 Å². The largest absolute Gasteiger partial charge is 0.322 e. The summed E-state index contributed by atoms with van der Waals surface area (Å²) in [5, 5.41) is 4.80. The van der Waals surface area contributed by atoms with Crippen molar-refractivity contribution in [2.45, 2.75) is 6.92 Å². The molecule has 0 fully saturated rings. The molecule has 0 atom stereocenters. The van der Waals surface area contributed by atoms with Crippen molar-refractivity contribution >= 4 is 17.3 Å². The van der Waals surface area contributed by atoms with Gasteiger partial charge in [0.2, 0.25) is 0 Å². The fourth-order valence-corrected chi connectivity index (χ4v) is 2.78. The van der Waals surface area contributed by atoms with Gasteiger partial charge in [-0.25, -0.2) is 9.40 Å². The maximum Gasteiger partial charge on any atom is 0.255 e. The van der Waals surface area contributed by atoms with Crippen LogP contribution in [0.25, 0.3) is 11.1 Å². The van der Waals surface area contributed by atoms with Gasteiger partial charge >= 0.3 is 0 Å². The maximum atomic E-state index is 13.0. The molecule has 138 valence electrons. The lowest BCUT2D eigenvalue weighted by atomic mass is 10.0. The number of hydrazine groups is 1. The predicted octanol–water partition coefficient (Wildman–Crippen LogP) is 4.94. The highest BCUT2D eigenvalue weighted by atomic mass is 19.1. The average molecular weight is 363 g/mol. The second-order valence-corrected chi connectivity index (χ2v) is 6.57. The number of rotatable bonds is 5. The van der Waals surface area contributed by atoms with E-state index in [0.717, 1.165) is 28.1 Å². The van der Waals surface area contributed by atoms with E-state index >= 15 is 0 Å². The molecule has 0 bridgehead atoms. The Morgan fingerprint density at radius 1 is 0.889 bits per heavy atom. The molecule has 3 rings (SSSR count). The molecule has 0 aliphatic heterocycles. The molecular formula is C22H22FN3O. The number of nitrogens with one attached hydrogen (secondary N) is 2. The molecule has 0 saturated heterocycles. The molecule has 0 saturated carbocycles. The second kappa shape index (κ2) is 8.01. The number of hydrogen-bond donors (Lipinski definition) is 2. The van der Waals surface area contributed by atoms with Crippen molar-refractivity contribution in [3.05, 3.63) is 83.7 Å². The summed E-state index contributed by atoms with van der Waals surface area (Å²) in [5.74, 6) is -0.436. The molecule has 3 aromatic carbocycles. The van der Waals surface area contributed by atoms with E-state index in [-0.39, 0.29) is 11.7 Å². The summed E-state index contributed by atoms with van der Waals surface area (Å²) < 4.78 is 13.0. The number of hydrogen-bond acceptors (Lipinski definition) is 3. The molecule has 0 spiro atoms. The van der Waals surface area contributed by atoms with Gasteiger partial charge in [-0.15, -0.1) is 0 Å². The number of halogens is 1. The zero-order valence-corrected chi connectivity index (χ0v) is 15.6. The Hall–Kier alpha value is -3.18. The van der Waals surface area contributed by atoms with Gasteiger partial charge in [-0.1, -0.05) is 24.3 Å². The summed E-state index contributed by atoms with van der Waals surface area (Å²) in [6, 6.07) is 19.3. The number of carbonyl (C=O) groups excluding carboxylic acids is 1. The summed E-state index contributed by atoms with van der Waals surface area (Å²) >= 11 is 0. The first kappa shape index (κ1) is 18.6. The van der Waals surface area contributed by atoms with Gasteiger partial charge in [-0.05, 0) is 66.1 Å². The minimum absolute atomic E-state index is 0.169. The summed E-state index contributed by atoms with van der Waals surface area (Å²) in [5.41, 5.74) is 8.28. The third-order valence-electron chi connectivity index (χ3n) is 4.15. The molecule has 0 radical (unpaired) electrons. The van der Waals surface area contributed by atoms with Crippen molar-refractivity contribution in [1.29, 1.82) is 0 Å². The van der Waals surface area contributed by atoms with Gasteiger partial charge in [-0.3, -0.25) is 4.79 Å². The summed E-state index contributed by atoms with van der Waals surface area (Å²) in [7, 11) is 3.83. The third-order valence-corrected chi connectivity index (χ3v) is 4.15. The van der Waals surface area contributed by atoms with Crippen molar-refractivity contribution in [2.24, 2.45) is 0 Å². The molecule has 0 heterocycles. The van der Waals surface area contributed by atoms with Gasteiger partial charge in [0.05, 0.1) is 0 Å². The number of amides is 1. The van der Waals surface area contributed by atoms with Gasteiger partial charge in [0, 0.05) is 31.0 Å². The Bertz CT molecular complexity index is 935. The standard InChI is InChI=1S/C22H22FN3O/c1-15-14-20(25-26(2)3)12-13-21(15)24-22(27)18-6-4-16(5-7-18)17-8-10-19(23)11-9-17/h4-14,25H,1-3H3,(H,24,27). The van der Waals surface area contributed by atoms with Crippen molar-refractivity contribution in [2.75, 3.05) is 24.8 Å². The Kier molecular flexibility index (Phi) is 5.52. The van der Waals surface area contributed by atoms with E-state index in [4.69, 9.17) is 0 Å². The lowest BCUT2D eigenvalue weighted by Crippen LogP contribution is -2.19. The highest BCUT2D eigenvalue weighted by Crippen LogP contribution is 2.23. The minimum Gasteiger partial charge on any atom is -0.322 e. The molecule has 5 heteroatoms. The molecule has 0 unspecified atom stereocenters. The van der Waals surface area contributed by atoms with Crippen LogP contribution in [0.3, 0.4) is 0 Å². The van der Waals surface area contributed by atoms with Crippen LogP contribution in [0.4, 0.5) is 15.8 Å². The van der Waals surface area contributed by atoms with E-state index in [0.29, 0.717) is 5.56 Å². The fraction of sp³-hybridized carbons (Fsp3) is 0.136. The quantitative estimate of drug-likeness (QED) is 0.631. The Balaban J connectivity index is 1.72. The van der Waals surface area contributed by atoms with Crippen molar-refractivity contribution in [3.63, 3.8) is 0 Å². The van der Waals surface area contributed by atoms with Crippen LogP contribution in [0.2, 0.25) is 0 Å². The molecule has 0 aliphatic rings. The maximum absolute atomic E-state index is 13.0. The van der Waals surface area contributed by atoms with Crippen LogP contribution in [-0.2, 0) is 0 Å². The van der Waals surface area contributed by atoms with E-state index in [1.54, 1.807) is 24.3 Å². The highest BCUT2D eigenvalue weighted by Gasteiger charge is 2.09. The number of benzene rings is 3. The molecule has 2 N–H and O–H groups in total. The zero-order chi connectivity index (χ0) is 19.4. The SMILES string of the molecule is Cc1cc(NN(C)C)ccc1NC(=O)c1ccc(-c2ccc(F)cc2)cc1. The van der Waals surface area contributed by atoms with Gasteiger partial charge in [0.1, 0.15) is 5.82 Å². The zero-order valence-electron chi connectivity index (χ0n) is 15.6. The Morgan fingerprint density at radius 3 is 2.04 bits per heavy atom. The van der Waals surface area contributed by atoms with Gasteiger partial charge in [-0.2, -0.15) is 0 Å². The molecular weight excluding hydrogens is 341 g/mol. The predicted molar refractivity (Wildman–Crippen MR) is 108 cm³/mol. The van der Waals surface area contributed by atoms with Crippen LogP contribution in [0, 0.1) is 12.7 Å². The van der Waals surface area contributed by atoms with Crippen LogP contribution >= 0.6 is 0 Å². The molecule has 0 aromatic heterocycles. The van der Waals surface area contributed by atoms with Crippen molar-refractivity contribution in [1.82, 2.24) is 5.01 Å². The van der Waals surface area contributed by atoms with Crippen molar-refractivity contribution in [3.8, 4) is 11.1 Å². The molecule has 4 nitrogen and oxygen atoms in total. The minimum atomic E-state index is -0.267. The summed E-state index contributed by atoms with van der Waals surface area (Å²) in [6.45, 7) is 1.95. The number of anilines is 2. The highest BCUT2D eigenvalue weighted by molar-refractivity contribution is 6.05. The molecule has 3 aromatic rings. The first-order chi connectivity index (χ1) is 12.9. The Labute approximate surface area is 158 Å². The summed E-state index contributed by atoms with van der Waals surface area (Å²) in [4.78, 5) is 12.5. The monoisotopic (exact) mass is 363 g/mol. The van der Waals surface area contributed by atoms with Crippen LogP contribution < -0.4 is 10.7 Å². The third kappa shape index (κ3) is 4.71. The smallest absolute Gasteiger partial charge is 0.255 e. The first-order valence-electron chi connectivity index (χ1n) is 8.64. The number of aryl methyl sites for hydroxylation is 1. The first-order valence-corrected chi connectivity index (χ1v) is 8.64. The van der Waals surface area contributed by atoms with Crippen LogP contribution in [-0.4, -0.2) is 25.0 Å². The lowest BCUT2D eigenvalue weighted by Gasteiger charge is -2.15. The van der Waals surface area contributed by atoms with Gasteiger partial charge in [0.15, 0.2) is 0 Å². The lowest BCUT2D eigenvalue weighted by molar-refractivity contribution is 0.102. The van der Waals surface area contributed by atoms with E-state index in [1.807, 2.05) is 56.4 Å². The van der Waals surface area contributed by atoms with E-state index in [9.17, 15) is 9.18 Å². The van der Waals surface area contributed by atoms with Gasteiger partial charge in [0.25, 0.3) is 5.91 Å². The van der Waals surface area contributed by atoms with Crippen LogP contribution in [0.15, 0.2) is 66.7 Å². The fourth-order valence-electron chi connectivity index (χ4n) is 2.78. The number of nitrogens with zero attached hydrogens (tertiary/aromatic N) is 1. The van der Waals surface area contributed by atoms with Crippen molar-refractivity contribution < 1.29 is 9.18 Å². The Morgan fingerprint density at radius 2 is 1.48 bits per heavy atom. The second-order valence-electron chi connectivity index (χ2n) is 6.57. The van der Waals surface area contributed by atoms with Crippen LogP contribution in [0.5, 0.6) is 0 Å². The van der Waals surface area contributed by atoms with E-state index < -0.39 is 0 Å². The number of carbonyl (C=O) groups is 1. The van der Waals surface area contributed by atoms with Gasteiger partial charge < -0.3 is 10.7 Å². The molecule has 27 heavy (non-hydrogen) atoms. The molecule has 1 amide bonds. The summed E-state index contributed by atoms with van der Waals surface area (Å²) in [6.07, 6.45) is 0. The average Bonchev–Trinajstić information content (AvgIpc) is 2.64. The molecule has 0 aliphatic carbocycles. The van der Waals surface area contributed by atoms with E-state index in [2.05, 4.69) is 10.7 Å². The topological polar surface area (TPSA) is 44.4 Å². The van der Waals surface area contributed by atoms with Crippen LogP contribution in [0.1, 0.15) is 15.9 Å². The normalized spacial score (nSPS) is 10.7.